The second-order valence-electron chi connectivity index (χ2n) is 4.89. The zero-order valence-corrected chi connectivity index (χ0v) is 11.4. The van der Waals surface area contributed by atoms with E-state index in [1.165, 1.54) is 4.90 Å². The van der Waals surface area contributed by atoms with Crippen molar-refractivity contribution in [3.8, 4) is 6.07 Å². The van der Waals surface area contributed by atoms with Gasteiger partial charge in [-0.3, -0.25) is 4.90 Å². The number of rotatable bonds is 2. The summed E-state index contributed by atoms with van der Waals surface area (Å²) in [6.07, 6.45) is 0.0722. The molecular weight excluding hydrogens is 264 g/mol. The number of carbonyl (C=O) groups is 1. The van der Waals surface area contributed by atoms with Crippen molar-refractivity contribution in [3.63, 3.8) is 0 Å². The van der Waals surface area contributed by atoms with E-state index in [0.717, 1.165) is 16.8 Å². The van der Waals surface area contributed by atoms with Gasteiger partial charge in [-0.15, -0.1) is 0 Å². The van der Waals surface area contributed by atoms with Crippen molar-refractivity contribution in [1.82, 2.24) is 0 Å². The maximum absolute atomic E-state index is 12.3. The Morgan fingerprint density at radius 2 is 1.90 bits per heavy atom. The molecule has 0 unspecified atom stereocenters. The van der Waals surface area contributed by atoms with Gasteiger partial charge in [-0.1, -0.05) is 48.5 Å². The van der Waals surface area contributed by atoms with Crippen molar-refractivity contribution in [3.05, 3.63) is 65.7 Å². The highest BCUT2D eigenvalue weighted by molar-refractivity contribution is 5.91. The highest BCUT2D eigenvalue weighted by atomic mass is 16.6. The fourth-order valence-electron chi connectivity index (χ4n) is 2.50. The highest BCUT2D eigenvalue weighted by Gasteiger charge is 2.34. The first-order valence-corrected chi connectivity index (χ1v) is 6.77. The van der Waals surface area contributed by atoms with Crippen molar-refractivity contribution in [1.29, 1.82) is 5.26 Å². The van der Waals surface area contributed by atoms with E-state index < -0.39 is 12.1 Å². The van der Waals surface area contributed by atoms with Gasteiger partial charge in [0, 0.05) is 6.42 Å². The third-order valence-corrected chi connectivity index (χ3v) is 3.53. The van der Waals surface area contributed by atoms with Crippen LogP contribution in [0.1, 0.15) is 11.1 Å². The van der Waals surface area contributed by atoms with E-state index in [1.54, 1.807) is 0 Å². The van der Waals surface area contributed by atoms with E-state index in [4.69, 9.17) is 4.74 Å². The zero-order chi connectivity index (χ0) is 14.7. The molecule has 0 aliphatic carbocycles. The largest absolute Gasteiger partial charge is 0.444 e. The minimum atomic E-state index is -0.495. The first-order valence-electron chi connectivity index (χ1n) is 6.77. The minimum absolute atomic E-state index is 0.205. The molecule has 1 amide bonds. The number of para-hydroxylation sites is 1. The number of hydrogen-bond acceptors (Lipinski definition) is 3. The van der Waals surface area contributed by atoms with Gasteiger partial charge >= 0.3 is 6.09 Å². The molecule has 2 aromatic carbocycles. The molecule has 0 saturated carbocycles. The predicted molar refractivity (Wildman–Crippen MR) is 78.7 cm³/mol. The number of amides is 1. The standard InChI is InChI=1S/C17H14N2O2/c18-11-15-10-14-8-4-5-9-16(14)19(15)17(20)21-12-13-6-2-1-3-7-13/h1-9,15H,10,12H2/t15-/m0/s1. The van der Waals surface area contributed by atoms with Gasteiger partial charge in [-0.25, -0.2) is 4.79 Å². The molecule has 0 N–H and O–H groups in total. The summed E-state index contributed by atoms with van der Waals surface area (Å²) in [5.74, 6) is 0. The van der Waals surface area contributed by atoms with Crippen LogP contribution in [0.3, 0.4) is 0 Å². The topological polar surface area (TPSA) is 53.3 Å². The summed E-state index contributed by atoms with van der Waals surface area (Å²) in [7, 11) is 0. The first kappa shape index (κ1) is 13.2. The second kappa shape index (κ2) is 5.68. The fourth-order valence-corrected chi connectivity index (χ4v) is 2.50. The predicted octanol–water partition coefficient (Wildman–Crippen LogP) is 3.28. The van der Waals surface area contributed by atoms with Crippen LogP contribution in [0.15, 0.2) is 54.6 Å². The van der Waals surface area contributed by atoms with E-state index in [2.05, 4.69) is 6.07 Å². The SMILES string of the molecule is N#C[C@@H]1Cc2ccccc2N1C(=O)OCc1ccccc1. The van der Waals surface area contributed by atoms with E-state index in [9.17, 15) is 10.1 Å². The number of fused-ring (bicyclic) bond motifs is 1. The summed E-state index contributed by atoms with van der Waals surface area (Å²) < 4.78 is 5.34. The average molecular weight is 278 g/mol. The van der Waals surface area contributed by atoms with E-state index >= 15 is 0 Å². The van der Waals surface area contributed by atoms with Crippen LogP contribution in [0.2, 0.25) is 0 Å². The summed E-state index contributed by atoms with van der Waals surface area (Å²) in [6.45, 7) is 0.205. The number of anilines is 1. The minimum Gasteiger partial charge on any atom is -0.444 e. The Bertz CT molecular complexity index is 691. The molecule has 0 bridgehead atoms. The molecule has 1 heterocycles. The second-order valence-corrected chi connectivity index (χ2v) is 4.89. The highest BCUT2D eigenvalue weighted by Crippen LogP contribution is 2.32. The van der Waals surface area contributed by atoms with Crippen molar-refractivity contribution in [2.75, 3.05) is 4.90 Å². The van der Waals surface area contributed by atoms with Crippen LogP contribution in [-0.4, -0.2) is 12.1 Å². The number of hydrogen-bond donors (Lipinski definition) is 0. The van der Waals surface area contributed by atoms with Crippen molar-refractivity contribution >= 4 is 11.8 Å². The Balaban J connectivity index is 1.76. The molecule has 21 heavy (non-hydrogen) atoms. The molecule has 0 fully saturated rings. The molecule has 0 spiro atoms. The van der Waals surface area contributed by atoms with Gasteiger partial charge < -0.3 is 4.74 Å². The van der Waals surface area contributed by atoms with Gasteiger partial charge in [0.05, 0.1) is 11.8 Å². The van der Waals surface area contributed by atoms with Crippen molar-refractivity contribution in [2.24, 2.45) is 0 Å². The van der Waals surface area contributed by atoms with E-state index in [-0.39, 0.29) is 6.61 Å². The smallest absolute Gasteiger partial charge is 0.415 e. The fraction of sp³-hybridized carbons (Fsp3) is 0.176. The van der Waals surface area contributed by atoms with Gasteiger partial charge in [0.25, 0.3) is 0 Å². The van der Waals surface area contributed by atoms with Gasteiger partial charge in [0.1, 0.15) is 12.6 Å². The lowest BCUT2D eigenvalue weighted by atomic mass is 10.1. The van der Waals surface area contributed by atoms with Crippen molar-refractivity contribution < 1.29 is 9.53 Å². The van der Waals surface area contributed by atoms with Crippen LogP contribution in [0.25, 0.3) is 0 Å². The lowest BCUT2D eigenvalue weighted by molar-refractivity contribution is 0.146. The summed E-state index contributed by atoms with van der Waals surface area (Å²) >= 11 is 0. The Hall–Kier alpha value is -2.80. The summed E-state index contributed by atoms with van der Waals surface area (Å²) in [6, 6.07) is 18.7. The molecule has 0 saturated heterocycles. The molecule has 1 aliphatic heterocycles. The average Bonchev–Trinajstić information content (AvgIpc) is 2.92. The number of nitriles is 1. The summed E-state index contributed by atoms with van der Waals surface area (Å²) in [5.41, 5.74) is 2.69. The number of benzene rings is 2. The van der Waals surface area contributed by atoms with Crippen LogP contribution < -0.4 is 4.90 Å². The quantitative estimate of drug-likeness (QED) is 0.847. The molecule has 1 aliphatic rings. The van der Waals surface area contributed by atoms with Gasteiger partial charge in [-0.05, 0) is 17.2 Å². The Morgan fingerprint density at radius 3 is 2.67 bits per heavy atom. The maximum Gasteiger partial charge on any atom is 0.415 e. The normalized spacial score (nSPS) is 16.1. The van der Waals surface area contributed by atoms with Gasteiger partial charge in [0.15, 0.2) is 0 Å². The lowest BCUT2D eigenvalue weighted by Crippen LogP contribution is -2.37. The Kier molecular flexibility index (Phi) is 3.57. The number of ether oxygens (including phenoxy) is 1. The molecule has 4 nitrogen and oxygen atoms in total. The molecule has 1 atom stereocenters. The summed E-state index contributed by atoms with van der Waals surface area (Å²) in [5, 5.41) is 9.24. The zero-order valence-electron chi connectivity index (χ0n) is 11.4. The molecule has 4 heteroatoms. The molecule has 3 rings (SSSR count). The molecule has 0 radical (unpaired) electrons. The van der Waals surface area contributed by atoms with Gasteiger partial charge in [-0.2, -0.15) is 5.26 Å². The van der Waals surface area contributed by atoms with Crippen LogP contribution in [-0.2, 0) is 17.8 Å². The molecule has 104 valence electrons. The number of carbonyl (C=O) groups excluding carboxylic acids is 1. The van der Waals surface area contributed by atoms with Gasteiger partial charge in [0.2, 0.25) is 0 Å². The Morgan fingerprint density at radius 1 is 1.19 bits per heavy atom. The first-order chi connectivity index (χ1) is 10.3. The van der Waals surface area contributed by atoms with E-state index in [0.29, 0.717) is 6.42 Å². The number of nitrogens with zero attached hydrogens (tertiary/aromatic N) is 2. The summed E-state index contributed by atoms with van der Waals surface area (Å²) in [4.78, 5) is 13.7. The Labute approximate surface area is 123 Å². The van der Waals surface area contributed by atoms with Crippen LogP contribution in [0.4, 0.5) is 10.5 Å². The molecule has 2 aromatic rings. The van der Waals surface area contributed by atoms with Crippen LogP contribution in [0.5, 0.6) is 0 Å². The molecular formula is C17H14N2O2. The third kappa shape index (κ3) is 2.59. The lowest BCUT2D eigenvalue weighted by Gasteiger charge is -2.20. The van der Waals surface area contributed by atoms with Crippen LogP contribution >= 0.6 is 0 Å². The third-order valence-electron chi connectivity index (χ3n) is 3.53. The van der Waals surface area contributed by atoms with E-state index in [1.807, 2.05) is 54.6 Å². The maximum atomic E-state index is 12.3. The van der Waals surface area contributed by atoms with Crippen molar-refractivity contribution in [2.45, 2.75) is 19.1 Å². The monoisotopic (exact) mass is 278 g/mol. The van der Waals surface area contributed by atoms with Crippen LogP contribution in [0, 0.1) is 11.3 Å². The molecule has 0 aromatic heterocycles.